The van der Waals surface area contributed by atoms with Crippen LogP contribution in [0.15, 0.2) is 41.3 Å². The zero-order valence-electron chi connectivity index (χ0n) is 15.9. The van der Waals surface area contributed by atoms with E-state index in [2.05, 4.69) is 10.0 Å². The van der Waals surface area contributed by atoms with Gasteiger partial charge in [-0.3, -0.25) is 4.79 Å². The molecule has 7 nitrogen and oxygen atoms in total. The first kappa shape index (κ1) is 19.9. The van der Waals surface area contributed by atoms with Crippen LogP contribution in [0.3, 0.4) is 0 Å². The fourth-order valence-corrected chi connectivity index (χ4v) is 3.70. The average molecular weight is 402 g/mol. The fraction of sp³-hybridized carbons (Fsp3) is 0.250. The number of ether oxygens (including phenoxy) is 2. The van der Waals surface area contributed by atoms with Crippen molar-refractivity contribution in [1.82, 2.24) is 4.72 Å². The molecule has 0 spiro atoms. The van der Waals surface area contributed by atoms with Gasteiger partial charge in [-0.15, -0.1) is 0 Å². The minimum absolute atomic E-state index is 0.0919. The number of anilines is 1. The van der Waals surface area contributed by atoms with E-state index in [0.717, 1.165) is 0 Å². The Kier molecular flexibility index (Phi) is 5.71. The summed E-state index contributed by atoms with van der Waals surface area (Å²) < 4.78 is 37.7. The van der Waals surface area contributed by atoms with E-state index in [1.165, 1.54) is 19.2 Å². The van der Waals surface area contributed by atoms with Crippen LogP contribution in [0.2, 0.25) is 0 Å². The van der Waals surface area contributed by atoms with Crippen molar-refractivity contribution in [1.29, 1.82) is 0 Å². The van der Waals surface area contributed by atoms with Gasteiger partial charge in [0.05, 0.1) is 18.1 Å². The Morgan fingerprint density at radius 3 is 2.25 bits per heavy atom. The van der Waals surface area contributed by atoms with Crippen LogP contribution in [0.25, 0.3) is 11.6 Å². The lowest BCUT2D eigenvalue weighted by molar-refractivity contribution is -0.110. The van der Waals surface area contributed by atoms with Gasteiger partial charge in [0.25, 0.3) is 5.91 Å². The van der Waals surface area contributed by atoms with Gasteiger partial charge in [0, 0.05) is 22.9 Å². The molecule has 1 heterocycles. The number of rotatable bonds is 7. The summed E-state index contributed by atoms with van der Waals surface area (Å²) in [5, 5.41) is 2.76. The van der Waals surface area contributed by atoms with Crippen LogP contribution in [0.1, 0.15) is 25.0 Å². The van der Waals surface area contributed by atoms with Crippen molar-refractivity contribution in [2.75, 3.05) is 25.6 Å². The number of amides is 1. The predicted octanol–water partition coefficient (Wildman–Crippen LogP) is 2.88. The highest BCUT2D eigenvalue weighted by atomic mass is 32.2. The molecule has 2 N–H and O–H groups in total. The predicted molar refractivity (Wildman–Crippen MR) is 108 cm³/mol. The van der Waals surface area contributed by atoms with Gasteiger partial charge in [0.1, 0.15) is 11.5 Å². The lowest BCUT2D eigenvalue weighted by Crippen LogP contribution is -2.18. The number of nitrogens with one attached hydrogen (secondary N) is 2. The second-order valence-electron chi connectivity index (χ2n) is 6.03. The largest absolute Gasteiger partial charge is 0.494 e. The highest BCUT2D eigenvalue weighted by Gasteiger charge is 2.26. The Morgan fingerprint density at radius 2 is 1.68 bits per heavy atom. The van der Waals surface area contributed by atoms with Gasteiger partial charge in [-0.1, -0.05) is 0 Å². The summed E-state index contributed by atoms with van der Waals surface area (Å²) >= 11 is 0. The Balaban J connectivity index is 2.09. The molecule has 28 heavy (non-hydrogen) atoms. The van der Waals surface area contributed by atoms with Gasteiger partial charge in [-0.2, -0.15) is 0 Å². The monoisotopic (exact) mass is 402 g/mol. The Bertz CT molecular complexity index is 1020. The number of carbonyl (C=O) groups is 1. The number of benzene rings is 2. The van der Waals surface area contributed by atoms with Crippen molar-refractivity contribution in [3.8, 4) is 11.5 Å². The highest BCUT2D eigenvalue weighted by Crippen LogP contribution is 2.35. The van der Waals surface area contributed by atoms with E-state index in [9.17, 15) is 13.2 Å². The quantitative estimate of drug-likeness (QED) is 0.695. The second kappa shape index (κ2) is 8.04. The maximum atomic E-state index is 12.5. The van der Waals surface area contributed by atoms with Crippen LogP contribution >= 0.6 is 0 Å². The molecule has 148 valence electrons. The minimum Gasteiger partial charge on any atom is -0.494 e. The topological polar surface area (TPSA) is 93.7 Å². The molecule has 0 saturated carbocycles. The molecule has 1 aliphatic rings. The van der Waals surface area contributed by atoms with Crippen molar-refractivity contribution >= 4 is 33.3 Å². The first-order valence-corrected chi connectivity index (χ1v) is 10.4. The number of hydrogen-bond donors (Lipinski definition) is 2. The van der Waals surface area contributed by atoms with Crippen LogP contribution in [0.4, 0.5) is 5.69 Å². The third-order valence-corrected chi connectivity index (χ3v) is 5.60. The molecule has 0 unspecified atom stereocenters. The summed E-state index contributed by atoms with van der Waals surface area (Å²) in [4.78, 5) is 12.6. The lowest BCUT2D eigenvalue weighted by atomic mass is 10.0. The van der Waals surface area contributed by atoms with Crippen LogP contribution < -0.4 is 19.5 Å². The van der Waals surface area contributed by atoms with Crippen molar-refractivity contribution < 1.29 is 22.7 Å². The Labute approximate surface area is 164 Å². The molecule has 1 amide bonds. The number of carbonyl (C=O) groups excluding carboxylic acids is 1. The molecule has 1 aliphatic heterocycles. The summed E-state index contributed by atoms with van der Waals surface area (Å²) in [5.74, 6) is 0.963. The molecule has 0 saturated heterocycles. The van der Waals surface area contributed by atoms with Gasteiger partial charge in [0.15, 0.2) is 0 Å². The Hall–Kier alpha value is -2.84. The second-order valence-corrected chi connectivity index (χ2v) is 7.92. The molecule has 3 rings (SSSR count). The van der Waals surface area contributed by atoms with Crippen molar-refractivity contribution in [2.45, 2.75) is 18.7 Å². The van der Waals surface area contributed by atoms with E-state index in [0.29, 0.717) is 47.1 Å². The molecule has 2 aromatic rings. The van der Waals surface area contributed by atoms with E-state index in [1.54, 1.807) is 30.3 Å². The molecule has 8 heteroatoms. The third-order valence-electron chi connectivity index (χ3n) is 4.19. The first-order chi connectivity index (χ1) is 13.4. The summed E-state index contributed by atoms with van der Waals surface area (Å²) in [6.07, 6.45) is 1.70. The maximum absolute atomic E-state index is 12.5. The Morgan fingerprint density at radius 1 is 1.04 bits per heavy atom. The summed E-state index contributed by atoms with van der Waals surface area (Å²) in [6, 6.07) is 9.92. The van der Waals surface area contributed by atoms with E-state index >= 15 is 0 Å². The van der Waals surface area contributed by atoms with Gasteiger partial charge < -0.3 is 14.8 Å². The first-order valence-electron chi connectivity index (χ1n) is 8.89. The summed E-state index contributed by atoms with van der Waals surface area (Å²) in [6.45, 7) is 4.77. The van der Waals surface area contributed by atoms with Gasteiger partial charge in [0.2, 0.25) is 10.0 Å². The van der Waals surface area contributed by atoms with Crippen molar-refractivity contribution in [3.05, 3.63) is 47.5 Å². The lowest BCUT2D eigenvalue weighted by Gasteiger charge is -2.09. The maximum Gasteiger partial charge on any atom is 0.256 e. The van der Waals surface area contributed by atoms with E-state index in [1.807, 2.05) is 13.8 Å². The van der Waals surface area contributed by atoms with Crippen LogP contribution in [0, 0.1) is 0 Å². The fourth-order valence-electron chi connectivity index (χ4n) is 2.94. The molecule has 0 bridgehead atoms. The average Bonchev–Trinajstić information content (AvgIpc) is 2.97. The number of sulfonamides is 1. The van der Waals surface area contributed by atoms with Gasteiger partial charge in [-0.25, -0.2) is 13.1 Å². The molecule has 0 fully saturated rings. The van der Waals surface area contributed by atoms with E-state index < -0.39 is 10.0 Å². The number of fused-ring (bicyclic) bond motifs is 1. The van der Waals surface area contributed by atoms with Gasteiger partial charge in [-0.05, 0) is 62.9 Å². The number of hydrogen-bond acceptors (Lipinski definition) is 5. The molecule has 0 aromatic heterocycles. The summed E-state index contributed by atoms with van der Waals surface area (Å²) in [5.41, 5.74) is 2.19. The zero-order valence-corrected chi connectivity index (χ0v) is 16.7. The minimum atomic E-state index is -3.62. The molecule has 2 aromatic carbocycles. The van der Waals surface area contributed by atoms with Crippen LogP contribution in [-0.2, 0) is 14.8 Å². The normalized spacial score (nSPS) is 14.7. The van der Waals surface area contributed by atoms with E-state index in [-0.39, 0.29) is 10.8 Å². The third kappa shape index (κ3) is 4.02. The SMILES string of the molecule is CCOc1cc(C=C2C(=O)Nc3ccc(S(=O)(=O)NC)cc32)cc(OCC)c1. The van der Waals surface area contributed by atoms with Crippen LogP contribution in [0.5, 0.6) is 11.5 Å². The van der Waals surface area contributed by atoms with Gasteiger partial charge >= 0.3 is 0 Å². The molecular weight excluding hydrogens is 380 g/mol. The highest BCUT2D eigenvalue weighted by molar-refractivity contribution is 7.89. The van der Waals surface area contributed by atoms with Crippen molar-refractivity contribution in [3.63, 3.8) is 0 Å². The van der Waals surface area contributed by atoms with Crippen molar-refractivity contribution in [2.24, 2.45) is 0 Å². The van der Waals surface area contributed by atoms with Crippen LogP contribution in [-0.4, -0.2) is 34.6 Å². The standard InChI is InChI=1S/C20H22N2O5S/c1-4-26-14-8-13(9-15(11-14)27-5-2)10-18-17-12-16(28(24,25)21-3)6-7-19(17)22-20(18)23/h6-12,21H,4-5H2,1-3H3,(H,22,23). The molecule has 0 atom stereocenters. The molecule has 0 radical (unpaired) electrons. The van der Waals surface area contributed by atoms with E-state index in [4.69, 9.17) is 9.47 Å². The molecule has 0 aliphatic carbocycles. The zero-order chi connectivity index (χ0) is 20.3. The molecular formula is C20H22N2O5S. The summed E-state index contributed by atoms with van der Waals surface area (Å²) in [7, 11) is -2.27. The smallest absolute Gasteiger partial charge is 0.256 e.